The summed E-state index contributed by atoms with van der Waals surface area (Å²) in [6.45, 7) is 13.2. The molecular formula is C64H88FN11O19. The molecule has 4 aromatic rings. The van der Waals surface area contributed by atoms with E-state index in [9.17, 15) is 43.8 Å². The number of hydrogen-bond acceptors (Lipinski definition) is 20. The number of aromatic nitrogens is 2. The second-order valence-electron chi connectivity index (χ2n) is 23.0. The molecule has 31 heteroatoms. The van der Waals surface area contributed by atoms with Crippen LogP contribution in [0.5, 0.6) is 0 Å². The zero-order valence-corrected chi connectivity index (χ0v) is 54.3. The van der Waals surface area contributed by atoms with E-state index in [2.05, 4.69) is 31.3 Å². The molecule has 0 saturated heterocycles. The number of benzene rings is 2. The predicted octanol–water partition coefficient (Wildman–Crippen LogP) is 4.56. The van der Waals surface area contributed by atoms with Gasteiger partial charge in [0.2, 0.25) is 17.7 Å². The molecule has 2 aliphatic heterocycles. The number of carbonyl (C=O) groups is 6. The van der Waals surface area contributed by atoms with Crippen LogP contribution >= 0.6 is 0 Å². The van der Waals surface area contributed by atoms with Crippen LogP contribution in [-0.4, -0.2) is 205 Å². The molecular weight excluding hydrogens is 1250 g/mol. The molecule has 0 spiro atoms. The van der Waals surface area contributed by atoms with E-state index in [0.29, 0.717) is 162 Å². The van der Waals surface area contributed by atoms with Gasteiger partial charge in [0.05, 0.1) is 154 Å². The summed E-state index contributed by atoms with van der Waals surface area (Å²) in [5.74, 6) is -3.47. The molecule has 2 aromatic heterocycles. The molecule has 8 N–H and O–H groups in total. The van der Waals surface area contributed by atoms with Gasteiger partial charge < -0.3 is 89.1 Å². The number of nitrogens with one attached hydrogen (secondary N) is 4. The van der Waals surface area contributed by atoms with E-state index in [0.717, 1.165) is 0 Å². The van der Waals surface area contributed by atoms with Crippen LogP contribution < -0.4 is 32.6 Å². The first kappa shape index (κ1) is 74.5. The highest BCUT2D eigenvalue weighted by atomic mass is 19.1. The van der Waals surface area contributed by atoms with Gasteiger partial charge in [0, 0.05) is 59.2 Å². The molecule has 520 valence electrons. The van der Waals surface area contributed by atoms with Crippen LogP contribution in [-0.2, 0) is 98.3 Å². The predicted molar refractivity (Wildman–Crippen MR) is 340 cm³/mol. The van der Waals surface area contributed by atoms with Crippen molar-refractivity contribution < 1.29 is 90.7 Å². The highest BCUT2D eigenvalue weighted by Gasteiger charge is 2.46. The topological polar surface area (TPSA) is 396 Å². The van der Waals surface area contributed by atoms with Crippen LogP contribution in [0.1, 0.15) is 97.9 Å². The Bertz CT molecular complexity index is 3370. The summed E-state index contributed by atoms with van der Waals surface area (Å²) in [7, 11) is 0. The van der Waals surface area contributed by atoms with Crippen molar-refractivity contribution in [3.63, 3.8) is 0 Å². The fourth-order valence-electron chi connectivity index (χ4n) is 11.3. The summed E-state index contributed by atoms with van der Waals surface area (Å²) in [5, 5.41) is 37.2. The van der Waals surface area contributed by atoms with E-state index in [-0.39, 0.29) is 94.8 Å². The van der Waals surface area contributed by atoms with Crippen LogP contribution in [0.15, 0.2) is 46.3 Å². The Hall–Kier alpha value is -7.94. The van der Waals surface area contributed by atoms with Gasteiger partial charge in [-0.2, -0.15) is 0 Å². The molecule has 30 nitrogen and oxygen atoms in total. The number of anilines is 1. The number of amides is 6. The minimum absolute atomic E-state index is 0.0113. The van der Waals surface area contributed by atoms with E-state index >= 15 is 4.39 Å². The number of halogens is 1. The van der Waals surface area contributed by atoms with Crippen molar-refractivity contribution in [1.82, 2.24) is 30.4 Å². The number of carbonyl (C=O) groups excluding carboxylic acids is 5. The number of urea groups is 1. The molecule has 0 fully saturated rings. The number of carboxylic acid groups (broad SMARTS) is 1. The van der Waals surface area contributed by atoms with Gasteiger partial charge in [0.15, 0.2) is 5.60 Å². The van der Waals surface area contributed by atoms with Crippen molar-refractivity contribution in [2.45, 2.75) is 110 Å². The number of hydrogen-bond donors (Lipinski definition) is 7. The summed E-state index contributed by atoms with van der Waals surface area (Å²) in [6, 6.07) is 5.56. The molecule has 0 unspecified atom stereocenters. The maximum absolute atomic E-state index is 15.6. The first-order chi connectivity index (χ1) is 45.9. The highest BCUT2D eigenvalue weighted by Crippen LogP contribution is 2.48. The van der Waals surface area contributed by atoms with Gasteiger partial charge in [-0.15, -0.1) is 0 Å². The highest BCUT2D eigenvalue weighted by molar-refractivity contribution is 5.99. The van der Waals surface area contributed by atoms with Crippen molar-refractivity contribution in [3.8, 4) is 11.4 Å². The molecule has 2 aromatic carbocycles. The number of cyclic esters (lactones) is 1. The standard InChI is InChI=1S/C64H88FN11O19/c1-5-64(85)47-35-52-57-45(38-75(52)60(80)46(47)39-95-61(64)81)55-51(13-12-44-41(4)48(65)36-50(71-57)54(44)55)76(63(83)84)37-42-8-10-43(11-9-42)70-58(78)49(7-6-15-68-62(66)82)72-59(79)56(40(2)3)73-53(77)14-17-86-19-21-88-23-25-90-27-29-92-31-33-94-34-32-93-30-28-91-26-24-89-22-20-87-18-16-69-74-67/h8-11,35-36,40,49,51,56,85H,5-7,12-34,37-39H2,1-4H3,(H,70,78)(H,72,79)(H,73,77)(H,83,84)(H3,66,68,82)/t49-,51-,56-,64-/m0/s1. The van der Waals surface area contributed by atoms with Gasteiger partial charge in [0.25, 0.3) is 5.56 Å². The van der Waals surface area contributed by atoms with Gasteiger partial charge in [-0.1, -0.05) is 38.0 Å². The molecule has 4 heterocycles. The lowest BCUT2D eigenvalue weighted by Gasteiger charge is -2.36. The Kier molecular flexibility index (Phi) is 29.8. The lowest BCUT2D eigenvalue weighted by atomic mass is 9.81. The number of aryl methyl sites for hydroxylation is 1. The number of aliphatic hydroxyl groups is 1. The average molecular weight is 1330 g/mol. The van der Waals surface area contributed by atoms with Crippen LogP contribution in [0.25, 0.3) is 32.7 Å². The first-order valence-electron chi connectivity index (χ1n) is 31.9. The maximum Gasteiger partial charge on any atom is 0.408 e. The normalized spacial score (nSPS) is 15.9. The fraction of sp³-hybridized carbons (Fsp3) is 0.594. The van der Waals surface area contributed by atoms with Crippen molar-refractivity contribution in [2.24, 2.45) is 16.8 Å². The summed E-state index contributed by atoms with van der Waals surface area (Å²) >= 11 is 0. The van der Waals surface area contributed by atoms with Crippen LogP contribution in [0.3, 0.4) is 0 Å². The number of fused-ring (bicyclic) bond motifs is 5. The first-order valence-corrected chi connectivity index (χ1v) is 31.9. The minimum atomic E-state index is -2.09. The number of nitrogens with zero attached hydrogens (tertiary/aromatic N) is 6. The lowest BCUT2D eigenvalue weighted by Crippen LogP contribution is -2.54. The SMILES string of the molecule is CC[C@@]1(O)C(=O)OCc2c1cc1n(c2=O)Cc2c-1nc1cc(F)c(C)c3c1c2[C@@H](N(Cc1ccc(NC(=O)[C@H](CCCNC(N)=O)NC(=O)[C@@H](NC(=O)CCOCCOCCOCCOCCOCCOCCOCCOCCOCCN=[N+]=[N-])C(C)C)cc1)C(=O)O)CC3. The number of primary amides is 1. The van der Waals surface area contributed by atoms with Crippen molar-refractivity contribution in [2.75, 3.05) is 137 Å². The summed E-state index contributed by atoms with van der Waals surface area (Å²) in [6.07, 6.45) is -0.516. The van der Waals surface area contributed by atoms with E-state index in [1.165, 1.54) is 15.5 Å². The van der Waals surface area contributed by atoms with Gasteiger partial charge >= 0.3 is 18.1 Å². The number of rotatable bonds is 44. The minimum Gasteiger partial charge on any atom is -0.465 e. The maximum atomic E-state index is 15.6. The number of esters is 1. The zero-order chi connectivity index (χ0) is 68.3. The number of pyridine rings is 2. The molecule has 6 amide bonds. The molecule has 0 radical (unpaired) electrons. The second kappa shape index (κ2) is 38.0. The Morgan fingerprint density at radius 1 is 0.821 bits per heavy atom. The summed E-state index contributed by atoms with van der Waals surface area (Å²) < 4.78 is 71.6. The largest absolute Gasteiger partial charge is 0.465 e. The lowest BCUT2D eigenvalue weighted by molar-refractivity contribution is -0.172. The second-order valence-corrected chi connectivity index (χ2v) is 23.0. The monoisotopic (exact) mass is 1330 g/mol. The van der Waals surface area contributed by atoms with E-state index < -0.39 is 76.8 Å². The Balaban J connectivity index is 0.823. The summed E-state index contributed by atoms with van der Waals surface area (Å²) in [5.41, 5.74) is 15.0. The zero-order valence-electron chi connectivity index (χ0n) is 54.3. The third-order valence-electron chi connectivity index (χ3n) is 16.3. The summed E-state index contributed by atoms with van der Waals surface area (Å²) in [4.78, 5) is 102. The smallest absolute Gasteiger partial charge is 0.408 e. The van der Waals surface area contributed by atoms with Crippen molar-refractivity contribution in [3.05, 3.63) is 102 Å². The van der Waals surface area contributed by atoms with Gasteiger partial charge in [-0.25, -0.2) is 23.8 Å². The van der Waals surface area contributed by atoms with Crippen LogP contribution in [0, 0.1) is 18.7 Å². The number of azide groups is 1. The third-order valence-corrected chi connectivity index (χ3v) is 16.3. The molecule has 7 rings (SSSR count). The molecule has 3 aliphatic rings. The Morgan fingerprint density at radius 3 is 1.93 bits per heavy atom. The van der Waals surface area contributed by atoms with Crippen molar-refractivity contribution in [1.29, 1.82) is 0 Å². The molecule has 0 saturated carbocycles. The molecule has 4 atom stereocenters. The Labute approximate surface area is 548 Å². The fourth-order valence-corrected chi connectivity index (χ4v) is 11.3. The average Bonchev–Trinajstić information content (AvgIpc) is 1.63. The molecule has 1 aliphatic carbocycles. The van der Waals surface area contributed by atoms with Crippen LogP contribution in [0.2, 0.25) is 0 Å². The van der Waals surface area contributed by atoms with Gasteiger partial charge in [-0.3, -0.25) is 24.1 Å². The number of ether oxygens (including phenoxy) is 10. The van der Waals surface area contributed by atoms with Gasteiger partial charge in [-0.05, 0) is 90.9 Å². The molecule has 95 heavy (non-hydrogen) atoms. The molecule has 0 bridgehead atoms. The van der Waals surface area contributed by atoms with Gasteiger partial charge in [0.1, 0.15) is 24.5 Å². The van der Waals surface area contributed by atoms with E-state index in [1.54, 1.807) is 58.0 Å². The van der Waals surface area contributed by atoms with E-state index in [1.807, 2.05) is 0 Å². The third kappa shape index (κ3) is 21.0. The van der Waals surface area contributed by atoms with Crippen molar-refractivity contribution >= 4 is 52.4 Å². The Morgan fingerprint density at radius 2 is 1.39 bits per heavy atom. The number of nitrogens with two attached hydrogens (primary N) is 1. The van der Waals surface area contributed by atoms with Crippen LogP contribution in [0.4, 0.5) is 19.7 Å². The van der Waals surface area contributed by atoms with E-state index in [4.69, 9.17) is 63.6 Å². The quantitative estimate of drug-likeness (QED) is 0.00924.